The van der Waals surface area contributed by atoms with Crippen molar-refractivity contribution in [3.05, 3.63) is 24.0 Å². The van der Waals surface area contributed by atoms with Gasteiger partial charge in [0.1, 0.15) is 0 Å². The first-order chi connectivity index (χ1) is 9.63. The van der Waals surface area contributed by atoms with E-state index in [1.165, 1.54) is 25.7 Å². The zero-order valence-corrected chi connectivity index (χ0v) is 12.5. The van der Waals surface area contributed by atoms with Crippen LogP contribution in [0, 0.1) is 11.8 Å². The molecule has 20 heavy (non-hydrogen) atoms. The molecule has 2 amide bonds. The molecule has 0 aromatic carbocycles. The number of carbonyl (C=O) groups is 1. The molecular weight excluding hydrogens is 250 g/mol. The van der Waals surface area contributed by atoms with Gasteiger partial charge in [0.25, 0.3) is 0 Å². The van der Waals surface area contributed by atoms with Crippen LogP contribution < -0.4 is 5.32 Å². The minimum Gasteiger partial charge on any atom is -0.357 e. The van der Waals surface area contributed by atoms with Gasteiger partial charge in [0.2, 0.25) is 0 Å². The summed E-state index contributed by atoms with van der Waals surface area (Å²) in [4.78, 5) is 14.4. The molecule has 0 unspecified atom stereocenters. The number of aryl methyl sites for hydroxylation is 1. The van der Waals surface area contributed by atoms with Gasteiger partial charge in [-0.1, -0.05) is 12.8 Å². The van der Waals surface area contributed by atoms with E-state index in [4.69, 9.17) is 0 Å². The monoisotopic (exact) mass is 275 g/mol. The fraction of sp³-hybridized carbons (Fsp3) is 0.688. The Morgan fingerprint density at radius 3 is 2.50 bits per heavy atom. The van der Waals surface area contributed by atoms with Crippen molar-refractivity contribution in [2.24, 2.45) is 18.9 Å². The van der Waals surface area contributed by atoms with Crippen molar-refractivity contribution >= 4 is 6.03 Å². The summed E-state index contributed by atoms with van der Waals surface area (Å²) >= 11 is 0. The van der Waals surface area contributed by atoms with E-state index in [-0.39, 0.29) is 12.1 Å². The van der Waals surface area contributed by atoms with Gasteiger partial charge in [0, 0.05) is 32.5 Å². The highest BCUT2D eigenvalue weighted by Gasteiger charge is 2.36. The van der Waals surface area contributed by atoms with Crippen LogP contribution in [0.2, 0.25) is 0 Å². The van der Waals surface area contributed by atoms with Crippen LogP contribution in [0.15, 0.2) is 18.5 Å². The number of fused-ring (bicyclic) bond motifs is 1. The second-order valence-electron chi connectivity index (χ2n) is 6.49. The summed E-state index contributed by atoms with van der Waals surface area (Å²) in [6.45, 7) is 3.96. The number of rotatable bonds is 2. The standard InChI is InChI=1S/C16H25N3O/c1-12(13-7-8-18(2)9-13)17-16(20)19-10-14-5-3-4-6-15(14)11-19/h7-9,12,14-15H,3-6,10-11H2,1-2H3,(H,17,20)/t12-,14-,15-/m0/s1. The van der Waals surface area contributed by atoms with Crippen molar-refractivity contribution in [2.75, 3.05) is 13.1 Å². The van der Waals surface area contributed by atoms with Gasteiger partial charge in [0.05, 0.1) is 6.04 Å². The number of carbonyl (C=O) groups excluding carboxylic acids is 1. The van der Waals surface area contributed by atoms with E-state index in [0.717, 1.165) is 30.5 Å². The topological polar surface area (TPSA) is 37.3 Å². The molecule has 1 aliphatic carbocycles. The van der Waals surface area contributed by atoms with Gasteiger partial charge in [-0.3, -0.25) is 0 Å². The number of nitrogens with one attached hydrogen (secondary N) is 1. The summed E-state index contributed by atoms with van der Waals surface area (Å²) in [5, 5.41) is 3.13. The summed E-state index contributed by atoms with van der Waals surface area (Å²) < 4.78 is 2.02. The first-order valence-electron chi connectivity index (χ1n) is 7.81. The molecule has 1 saturated carbocycles. The molecule has 0 radical (unpaired) electrons. The smallest absolute Gasteiger partial charge is 0.317 e. The lowest BCUT2D eigenvalue weighted by atomic mass is 9.82. The van der Waals surface area contributed by atoms with Crippen molar-refractivity contribution in [1.82, 2.24) is 14.8 Å². The minimum absolute atomic E-state index is 0.0753. The van der Waals surface area contributed by atoms with E-state index in [9.17, 15) is 4.79 Å². The third-order valence-electron chi connectivity index (χ3n) is 4.96. The molecule has 110 valence electrons. The predicted molar refractivity (Wildman–Crippen MR) is 79.4 cm³/mol. The molecule has 1 aromatic rings. The van der Waals surface area contributed by atoms with Crippen molar-refractivity contribution in [2.45, 2.75) is 38.6 Å². The molecule has 2 fully saturated rings. The Balaban J connectivity index is 1.57. The molecule has 1 saturated heterocycles. The molecular formula is C16H25N3O. The van der Waals surface area contributed by atoms with Gasteiger partial charge in [0.15, 0.2) is 0 Å². The highest BCUT2D eigenvalue weighted by atomic mass is 16.2. The van der Waals surface area contributed by atoms with Gasteiger partial charge in [-0.05, 0) is 43.2 Å². The molecule has 0 bridgehead atoms. The zero-order valence-electron chi connectivity index (χ0n) is 12.5. The zero-order chi connectivity index (χ0) is 14.1. The fourth-order valence-corrected chi connectivity index (χ4v) is 3.71. The first-order valence-corrected chi connectivity index (χ1v) is 7.81. The highest BCUT2D eigenvalue weighted by molar-refractivity contribution is 5.75. The van der Waals surface area contributed by atoms with E-state index in [1.807, 2.05) is 22.7 Å². The van der Waals surface area contributed by atoms with Gasteiger partial charge >= 0.3 is 6.03 Å². The Morgan fingerprint density at radius 2 is 1.95 bits per heavy atom. The summed E-state index contributed by atoms with van der Waals surface area (Å²) in [7, 11) is 2.00. The Bertz CT molecular complexity index is 468. The Morgan fingerprint density at radius 1 is 1.30 bits per heavy atom. The van der Waals surface area contributed by atoms with Crippen molar-refractivity contribution in [3.8, 4) is 0 Å². The highest BCUT2D eigenvalue weighted by Crippen LogP contribution is 2.36. The summed E-state index contributed by atoms with van der Waals surface area (Å²) in [5.41, 5.74) is 1.16. The molecule has 4 heteroatoms. The SMILES string of the molecule is C[C@H](NC(=O)N1C[C@@H]2CCCC[C@H]2C1)c1ccn(C)c1. The largest absolute Gasteiger partial charge is 0.357 e. The van der Waals surface area contributed by atoms with Crippen LogP contribution in [0.3, 0.4) is 0 Å². The van der Waals surface area contributed by atoms with Crippen LogP contribution in [0.4, 0.5) is 4.79 Å². The lowest BCUT2D eigenvalue weighted by Crippen LogP contribution is -2.39. The summed E-state index contributed by atoms with van der Waals surface area (Å²) in [5.74, 6) is 1.50. The van der Waals surface area contributed by atoms with Crippen molar-refractivity contribution in [3.63, 3.8) is 0 Å². The first kappa shape index (κ1) is 13.5. The third kappa shape index (κ3) is 2.69. The average molecular weight is 275 g/mol. The lowest BCUT2D eigenvalue weighted by molar-refractivity contribution is 0.203. The van der Waals surface area contributed by atoms with Crippen molar-refractivity contribution in [1.29, 1.82) is 0 Å². The van der Waals surface area contributed by atoms with Gasteiger partial charge in [-0.15, -0.1) is 0 Å². The number of nitrogens with zero attached hydrogens (tertiary/aromatic N) is 2. The molecule has 0 spiro atoms. The maximum atomic E-state index is 12.4. The minimum atomic E-state index is 0.0753. The molecule has 2 heterocycles. The number of aromatic nitrogens is 1. The normalized spacial score (nSPS) is 27.2. The molecule has 4 nitrogen and oxygen atoms in total. The predicted octanol–water partition coefficient (Wildman–Crippen LogP) is 2.92. The maximum Gasteiger partial charge on any atom is 0.317 e. The van der Waals surface area contributed by atoms with Crippen molar-refractivity contribution < 1.29 is 4.79 Å². The quantitative estimate of drug-likeness (QED) is 0.885. The third-order valence-corrected chi connectivity index (χ3v) is 4.96. The molecule has 3 rings (SSSR count). The second-order valence-corrected chi connectivity index (χ2v) is 6.49. The fourth-order valence-electron chi connectivity index (χ4n) is 3.71. The van der Waals surface area contributed by atoms with Crippen LogP contribution in [0.1, 0.15) is 44.2 Å². The number of hydrogen-bond acceptors (Lipinski definition) is 1. The van der Waals surface area contributed by atoms with Gasteiger partial charge < -0.3 is 14.8 Å². The van der Waals surface area contributed by atoms with Gasteiger partial charge in [-0.25, -0.2) is 4.79 Å². The lowest BCUT2D eigenvalue weighted by Gasteiger charge is -2.22. The Kier molecular flexibility index (Phi) is 3.72. The van der Waals surface area contributed by atoms with E-state index in [1.54, 1.807) is 0 Å². The molecule has 1 aromatic heterocycles. The summed E-state index contributed by atoms with van der Waals surface area (Å²) in [6, 6.07) is 2.25. The van der Waals surface area contributed by atoms with Crippen LogP contribution in [-0.2, 0) is 7.05 Å². The molecule has 3 atom stereocenters. The van der Waals surface area contributed by atoms with Crippen LogP contribution in [0.25, 0.3) is 0 Å². The molecule has 2 aliphatic rings. The maximum absolute atomic E-state index is 12.4. The summed E-state index contributed by atoms with van der Waals surface area (Å²) in [6.07, 6.45) is 9.39. The van der Waals surface area contributed by atoms with Crippen LogP contribution >= 0.6 is 0 Å². The second kappa shape index (κ2) is 5.51. The van der Waals surface area contributed by atoms with E-state index >= 15 is 0 Å². The number of hydrogen-bond donors (Lipinski definition) is 1. The van der Waals surface area contributed by atoms with E-state index in [2.05, 4.69) is 24.5 Å². The Labute approximate surface area is 121 Å². The van der Waals surface area contributed by atoms with E-state index in [0.29, 0.717) is 0 Å². The Hall–Kier alpha value is -1.45. The molecule has 1 aliphatic heterocycles. The number of amides is 2. The van der Waals surface area contributed by atoms with E-state index < -0.39 is 0 Å². The van der Waals surface area contributed by atoms with Crippen LogP contribution in [-0.4, -0.2) is 28.6 Å². The number of urea groups is 1. The number of likely N-dealkylation sites (tertiary alicyclic amines) is 1. The van der Waals surface area contributed by atoms with Crippen LogP contribution in [0.5, 0.6) is 0 Å². The van der Waals surface area contributed by atoms with Gasteiger partial charge in [-0.2, -0.15) is 0 Å². The molecule has 1 N–H and O–H groups in total. The average Bonchev–Trinajstić information content (AvgIpc) is 3.04.